The van der Waals surface area contributed by atoms with Gasteiger partial charge in [0.1, 0.15) is 11.6 Å². The average molecular weight is 349 g/mol. The van der Waals surface area contributed by atoms with Crippen LogP contribution in [-0.2, 0) is 13.0 Å². The van der Waals surface area contributed by atoms with Crippen LogP contribution in [0.25, 0.3) is 0 Å². The molecule has 0 saturated heterocycles. The maximum Gasteiger partial charge on any atom is 0.131 e. The SMILES string of the molecule is CC(C)c1nccc(CN2CCc3[nH]cnc3C2c2cccc(O)c2)n1. The van der Waals surface area contributed by atoms with Crippen molar-refractivity contribution >= 4 is 0 Å². The van der Waals surface area contributed by atoms with Gasteiger partial charge in [-0.1, -0.05) is 26.0 Å². The molecule has 0 bridgehead atoms. The molecule has 1 aliphatic rings. The van der Waals surface area contributed by atoms with Crippen molar-refractivity contribution in [2.45, 2.75) is 38.8 Å². The number of aromatic amines is 1. The number of nitrogens with one attached hydrogen (secondary N) is 1. The van der Waals surface area contributed by atoms with E-state index in [-0.39, 0.29) is 11.8 Å². The smallest absolute Gasteiger partial charge is 0.131 e. The average Bonchev–Trinajstić information content (AvgIpc) is 3.10. The first kappa shape index (κ1) is 16.7. The number of phenolic OH excluding ortho intramolecular Hbond substituents is 1. The van der Waals surface area contributed by atoms with Gasteiger partial charge in [0.15, 0.2) is 0 Å². The second-order valence-electron chi connectivity index (χ2n) is 7.05. The molecular formula is C20H23N5O. The number of hydrogen-bond acceptors (Lipinski definition) is 5. The molecule has 0 radical (unpaired) electrons. The van der Waals surface area contributed by atoms with Crippen LogP contribution in [0.3, 0.4) is 0 Å². The highest BCUT2D eigenvalue weighted by Gasteiger charge is 2.31. The number of benzene rings is 1. The zero-order valence-electron chi connectivity index (χ0n) is 15.1. The van der Waals surface area contributed by atoms with Gasteiger partial charge in [-0.2, -0.15) is 0 Å². The van der Waals surface area contributed by atoms with Gasteiger partial charge in [0.2, 0.25) is 0 Å². The molecule has 1 aromatic carbocycles. The fourth-order valence-corrected chi connectivity index (χ4v) is 3.55. The molecule has 0 spiro atoms. The minimum Gasteiger partial charge on any atom is -0.508 e. The molecule has 1 aliphatic heterocycles. The molecule has 3 aromatic rings. The predicted molar refractivity (Wildman–Crippen MR) is 98.8 cm³/mol. The largest absolute Gasteiger partial charge is 0.508 e. The van der Waals surface area contributed by atoms with Crippen molar-refractivity contribution in [3.8, 4) is 5.75 Å². The Morgan fingerprint density at radius 1 is 1.27 bits per heavy atom. The summed E-state index contributed by atoms with van der Waals surface area (Å²) in [6.45, 7) is 5.82. The van der Waals surface area contributed by atoms with Gasteiger partial charge in [0.25, 0.3) is 0 Å². The molecule has 134 valence electrons. The molecule has 1 atom stereocenters. The molecule has 6 heteroatoms. The molecule has 0 aliphatic carbocycles. The lowest BCUT2D eigenvalue weighted by Crippen LogP contribution is -2.36. The summed E-state index contributed by atoms with van der Waals surface area (Å²) in [4.78, 5) is 19.3. The summed E-state index contributed by atoms with van der Waals surface area (Å²) in [7, 11) is 0. The number of rotatable bonds is 4. The number of H-pyrrole nitrogens is 1. The van der Waals surface area contributed by atoms with Gasteiger partial charge in [-0.05, 0) is 23.8 Å². The van der Waals surface area contributed by atoms with Crippen molar-refractivity contribution in [1.82, 2.24) is 24.8 Å². The highest BCUT2D eigenvalue weighted by molar-refractivity contribution is 5.36. The van der Waals surface area contributed by atoms with Gasteiger partial charge in [0.05, 0.1) is 23.8 Å². The van der Waals surface area contributed by atoms with E-state index >= 15 is 0 Å². The van der Waals surface area contributed by atoms with Crippen LogP contribution in [0.5, 0.6) is 5.75 Å². The lowest BCUT2D eigenvalue weighted by Gasteiger charge is -2.35. The molecule has 2 aromatic heterocycles. The number of hydrogen-bond donors (Lipinski definition) is 2. The molecule has 4 rings (SSSR count). The monoisotopic (exact) mass is 349 g/mol. The normalized spacial score (nSPS) is 17.4. The second kappa shape index (κ2) is 6.88. The van der Waals surface area contributed by atoms with E-state index < -0.39 is 0 Å². The van der Waals surface area contributed by atoms with Gasteiger partial charge >= 0.3 is 0 Å². The summed E-state index contributed by atoms with van der Waals surface area (Å²) in [5, 5.41) is 9.95. The Morgan fingerprint density at radius 2 is 2.15 bits per heavy atom. The number of fused-ring (bicyclic) bond motifs is 1. The molecule has 0 amide bonds. The summed E-state index contributed by atoms with van der Waals surface area (Å²) >= 11 is 0. The van der Waals surface area contributed by atoms with Crippen LogP contribution in [0.2, 0.25) is 0 Å². The van der Waals surface area contributed by atoms with E-state index in [1.165, 1.54) is 5.69 Å². The standard InChI is InChI=1S/C20H23N5O/c1-13(2)20-21-8-6-15(24-20)11-25-9-7-17-18(23-12-22-17)19(25)14-4-3-5-16(26)10-14/h3-6,8,10,12-13,19,26H,7,9,11H2,1-2H3,(H,22,23). The van der Waals surface area contributed by atoms with Crippen molar-refractivity contribution in [3.05, 3.63) is 71.3 Å². The third-order valence-electron chi connectivity index (χ3n) is 4.82. The van der Waals surface area contributed by atoms with Crippen molar-refractivity contribution in [2.24, 2.45) is 0 Å². The zero-order valence-corrected chi connectivity index (χ0v) is 15.1. The van der Waals surface area contributed by atoms with E-state index in [9.17, 15) is 5.11 Å². The van der Waals surface area contributed by atoms with E-state index in [0.29, 0.717) is 5.92 Å². The van der Waals surface area contributed by atoms with Crippen molar-refractivity contribution in [3.63, 3.8) is 0 Å². The third kappa shape index (κ3) is 3.20. The number of phenols is 1. The first-order chi connectivity index (χ1) is 12.6. The molecule has 6 nitrogen and oxygen atoms in total. The van der Waals surface area contributed by atoms with E-state index in [1.807, 2.05) is 30.5 Å². The third-order valence-corrected chi connectivity index (χ3v) is 4.82. The molecule has 2 N–H and O–H groups in total. The minimum absolute atomic E-state index is 0.00503. The molecule has 0 fully saturated rings. The Hall–Kier alpha value is -2.73. The summed E-state index contributed by atoms with van der Waals surface area (Å²) in [6, 6.07) is 9.41. The Bertz CT molecular complexity index is 904. The van der Waals surface area contributed by atoms with Crippen LogP contribution in [0.4, 0.5) is 0 Å². The molecule has 3 heterocycles. The molecule has 26 heavy (non-hydrogen) atoms. The molecule has 0 saturated carbocycles. The van der Waals surface area contributed by atoms with Crippen LogP contribution >= 0.6 is 0 Å². The number of nitrogens with zero attached hydrogens (tertiary/aromatic N) is 4. The summed E-state index contributed by atoms with van der Waals surface area (Å²) in [6.07, 6.45) is 4.52. The first-order valence-electron chi connectivity index (χ1n) is 8.98. The van der Waals surface area contributed by atoms with E-state index in [1.54, 1.807) is 12.4 Å². The molecular weight excluding hydrogens is 326 g/mol. The fourth-order valence-electron chi connectivity index (χ4n) is 3.55. The van der Waals surface area contributed by atoms with Crippen molar-refractivity contribution in [2.75, 3.05) is 6.54 Å². The van der Waals surface area contributed by atoms with Crippen molar-refractivity contribution < 1.29 is 5.11 Å². The number of imidazole rings is 1. The van der Waals surface area contributed by atoms with Gasteiger partial charge in [-0.3, -0.25) is 4.90 Å². The fraction of sp³-hybridized carbons (Fsp3) is 0.350. The number of aromatic hydroxyl groups is 1. The van der Waals surface area contributed by atoms with Crippen molar-refractivity contribution in [1.29, 1.82) is 0 Å². The minimum atomic E-state index is -0.00503. The maximum atomic E-state index is 9.95. The first-order valence-corrected chi connectivity index (χ1v) is 8.98. The summed E-state index contributed by atoms with van der Waals surface area (Å²) in [5.41, 5.74) is 4.24. The Balaban J connectivity index is 1.69. The highest BCUT2D eigenvalue weighted by atomic mass is 16.3. The quantitative estimate of drug-likeness (QED) is 0.756. The van der Waals surface area contributed by atoms with Crippen LogP contribution < -0.4 is 0 Å². The van der Waals surface area contributed by atoms with Crippen LogP contribution in [0, 0.1) is 0 Å². The van der Waals surface area contributed by atoms with E-state index in [4.69, 9.17) is 4.98 Å². The lowest BCUT2D eigenvalue weighted by atomic mass is 9.95. The Morgan fingerprint density at radius 3 is 2.96 bits per heavy atom. The Labute approximate surface area is 153 Å². The van der Waals surface area contributed by atoms with Gasteiger partial charge in [0, 0.05) is 37.3 Å². The van der Waals surface area contributed by atoms with E-state index in [2.05, 4.69) is 33.7 Å². The van der Waals surface area contributed by atoms with Gasteiger partial charge in [-0.15, -0.1) is 0 Å². The lowest BCUT2D eigenvalue weighted by molar-refractivity contribution is 0.197. The number of aromatic nitrogens is 4. The Kier molecular flexibility index (Phi) is 4.42. The molecule has 1 unspecified atom stereocenters. The van der Waals surface area contributed by atoms with Crippen LogP contribution in [0.15, 0.2) is 42.9 Å². The zero-order chi connectivity index (χ0) is 18.1. The van der Waals surface area contributed by atoms with E-state index in [0.717, 1.165) is 42.3 Å². The van der Waals surface area contributed by atoms with Crippen LogP contribution in [-0.4, -0.2) is 36.5 Å². The maximum absolute atomic E-state index is 9.95. The van der Waals surface area contributed by atoms with Crippen LogP contribution in [0.1, 0.15) is 54.3 Å². The summed E-state index contributed by atoms with van der Waals surface area (Å²) < 4.78 is 0. The topological polar surface area (TPSA) is 77.9 Å². The predicted octanol–water partition coefficient (Wildman–Crippen LogP) is 3.18. The highest BCUT2D eigenvalue weighted by Crippen LogP contribution is 2.35. The second-order valence-corrected chi connectivity index (χ2v) is 7.05. The van der Waals surface area contributed by atoms with Gasteiger partial charge < -0.3 is 10.1 Å². The van der Waals surface area contributed by atoms with Gasteiger partial charge in [-0.25, -0.2) is 15.0 Å². The summed E-state index contributed by atoms with van der Waals surface area (Å²) in [5.74, 6) is 1.44.